The molecule has 0 aliphatic carbocycles. The molecule has 21 heavy (non-hydrogen) atoms. The molecule has 0 atom stereocenters. The van der Waals surface area contributed by atoms with Gasteiger partial charge in [0, 0.05) is 17.0 Å². The second-order valence-electron chi connectivity index (χ2n) is 4.22. The van der Waals surface area contributed by atoms with Gasteiger partial charge in [-0.15, -0.1) is 11.8 Å². The number of nitro benzene ring substituents is 1. The van der Waals surface area contributed by atoms with Gasteiger partial charge in [-0.05, 0) is 35.6 Å². The first-order valence-corrected chi connectivity index (χ1v) is 7.05. The van der Waals surface area contributed by atoms with Crippen LogP contribution in [0.15, 0.2) is 47.4 Å². The number of rotatable bonds is 3. The molecule has 7 heteroatoms. The van der Waals surface area contributed by atoms with Crippen LogP contribution in [-0.2, 0) is 6.18 Å². The van der Waals surface area contributed by atoms with Crippen molar-refractivity contribution in [3.63, 3.8) is 0 Å². The molecule has 110 valence electrons. The van der Waals surface area contributed by atoms with Crippen molar-refractivity contribution in [2.24, 2.45) is 0 Å². The van der Waals surface area contributed by atoms with Crippen LogP contribution >= 0.6 is 11.8 Å². The van der Waals surface area contributed by atoms with Gasteiger partial charge >= 0.3 is 6.18 Å². The third-order valence-corrected chi connectivity index (χ3v) is 3.70. The summed E-state index contributed by atoms with van der Waals surface area (Å²) in [7, 11) is 0. The average Bonchev–Trinajstić information content (AvgIpc) is 2.45. The molecular formula is C14H10F3NO2S. The minimum absolute atomic E-state index is 0.0463. The maximum Gasteiger partial charge on any atom is 0.416 e. The highest BCUT2D eigenvalue weighted by molar-refractivity contribution is 7.98. The fourth-order valence-electron chi connectivity index (χ4n) is 1.87. The fourth-order valence-corrected chi connectivity index (χ4v) is 2.52. The first kappa shape index (κ1) is 15.4. The summed E-state index contributed by atoms with van der Waals surface area (Å²) in [6, 6.07) is 9.03. The van der Waals surface area contributed by atoms with Crippen LogP contribution in [0.4, 0.5) is 18.9 Å². The molecule has 0 aliphatic rings. The number of hydrogen-bond acceptors (Lipinski definition) is 3. The smallest absolute Gasteiger partial charge is 0.258 e. The Bertz CT molecular complexity index is 669. The van der Waals surface area contributed by atoms with Crippen LogP contribution in [0.1, 0.15) is 5.56 Å². The third-order valence-electron chi connectivity index (χ3n) is 2.92. The number of non-ortho nitro benzene ring substituents is 1. The van der Waals surface area contributed by atoms with Crippen LogP contribution in [-0.4, -0.2) is 11.2 Å². The highest BCUT2D eigenvalue weighted by atomic mass is 32.2. The van der Waals surface area contributed by atoms with Crippen molar-refractivity contribution in [3.05, 3.63) is 58.1 Å². The number of alkyl halides is 3. The molecule has 0 unspecified atom stereocenters. The molecular weight excluding hydrogens is 303 g/mol. The summed E-state index contributed by atoms with van der Waals surface area (Å²) in [4.78, 5) is 10.9. The van der Waals surface area contributed by atoms with E-state index >= 15 is 0 Å². The maximum absolute atomic E-state index is 12.5. The first-order chi connectivity index (χ1) is 9.82. The van der Waals surface area contributed by atoms with E-state index < -0.39 is 16.7 Å². The molecule has 2 rings (SSSR count). The lowest BCUT2D eigenvalue weighted by Gasteiger charge is -2.10. The molecule has 0 amide bonds. The largest absolute Gasteiger partial charge is 0.416 e. The van der Waals surface area contributed by atoms with Crippen molar-refractivity contribution >= 4 is 17.4 Å². The lowest BCUT2D eigenvalue weighted by Crippen LogP contribution is -2.04. The van der Waals surface area contributed by atoms with Crippen molar-refractivity contribution in [1.82, 2.24) is 0 Å². The standard InChI is InChI=1S/C14H10F3NO2S/c1-21-13-8-11(18(19)20)6-7-12(13)9-2-4-10(5-3-9)14(15,16)17/h2-8H,1H3. The van der Waals surface area contributed by atoms with Gasteiger partial charge in [-0.3, -0.25) is 10.1 Å². The van der Waals surface area contributed by atoms with Crippen molar-refractivity contribution in [2.75, 3.05) is 6.26 Å². The average molecular weight is 313 g/mol. The second-order valence-corrected chi connectivity index (χ2v) is 5.06. The summed E-state index contributed by atoms with van der Waals surface area (Å²) in [6.45, 7) is 0. The Labute approximate surface area is 122 Å². The Hall–Kier alpha value is -2.02. The van der Waals surface area contributed by atoms with E-state index in [9.17, 15) is 23.3 Å². The molecule has 2 aromatic carbocycles. The van der Waals surface area contributed by atoms with E-state index in [1.54, 1.807) is 12.3 Å². The minimum Gasteiger partial charge on any atom is -0.258 e. The Morgan fingerprint density at radius 3 is 2.19 bits per heavy atom. The molecule has 0 spiro atoms. The normalized spacial score (nSPS) is 11.4. The zero-order chi connectivity index (χ0) is 15.6. The number of thioether (sulfide) groups is 1. The first-order valence-electron chi connectivity index (χ1n) is 5.83. The van der Waals surface area contributed by atoms with E-state index in [0.29, 0.717) is 16.0 Å². The summed E-state index contributed by atoms with van der Waals surface area (Å²) in [5.41, 5.74) is 0.484. The van der Waals surface area contributed by atoms with E-state index in [-0.39, 0.29) is 5.69 Å². The third kappa shape index (κ3) is 3.36. The molecule has 0 radical (unpaired) electrons. The quantitative estimate of drug-likeness (QED) is 0.455. The van der Waals surface area contributed by atoms with E-state index in [1.807, 2.05) is 0 Å². The summed E-state index contributed by atoms with van der Waals surface area (Å²) in [5, 5.41) is 10.7. The van der Waals surface area contributed by atoms with Crippen LogP contribution in [0.25, 0.3) is 11.1 Å². The molecule has 0 heterocycles. The topological polar surface area (TPSA) is 43.1 Å². The van der Waals surface area contributed by atoms with Gasteiger partial charge in [-0.25, -0.2) is 0 Å². The van der Waals surface area contributed by atoms with Crippen LogP contribution in [0.2, 0.25) is 0 Å². The van der Waals surface area contributed by atoms with Gasteiger partial charge in [0.2, 0.25) is 0 Å². The van der Waals surface area contributed by atoms with Gasteiger partial charge in [0.05, 0.1) is 10.5 Å². The van der Waals surface area contributed by atoms with Gasteiger partial charge < -0.3 is 0 Å². The van der Waals surface area contributed by atoms with Gasteiger partial charge in [-0.1, -0.05) is 12.1 Å². The fraction of sp³-hybridized carbons (Fsp3) is 0.143. The van der Waals surface area contributed by atoms with Crippen molar-refractivity contribution in [2.45, 2.75) is 11.1 Å². The molecule has 0 bridgehead atoms. The summed E-state index contributed by atoms with van der Waals surface area (Å²) < 4.78 is 37.6. The van der Waals surface area contributed by atoms with Crippen molar-refractivity contribution in [3.8, 4) is 11.1 Å². The summed E-state index contributed by atoms with van der Waals surface area (Å²) in [5.74, 6) is 0. The predicted octanol–water partition coefficient (Wildman–Crippen LogP) is 5.00. The number of hydrogen-bond donors (Lipinski definition) is 0. The lowest BCUT2D eigenvalue weighted by atomic mass is 10.0. The number of halogens is 3. The zero-order valence-electron chi connectivity index (χ0n) is 10.8. The Morgan fingerprint density at radius 1 is 1.10 bits per heavy atom. The number of nitro groups is 1. The lowest BCUT2D eigenvalue weighted by molar-refractivity contribution is -0.385. The van der Waals surface area contributed by atoms with Gasteiger partial charge in [0.15, 0.2) is 0 Å². The second kappa shape index (κ2) is 5.77. The molecule has 2 aromatic rings. The van der Waals surface area contributed by atoms with E-state index in [2.05, 4.69) is 0 Å². The molecule has 0 N–H and O–H groups in total. The Kier molecular flexibility index (Phi) is 4.22. The maximum atomic E-state index is 12.5. The summed E-state index contributed by atoms with van der Waals surface area (Å²) >= 11 is 1.30. The zero-order valence-corrected chi connectivity index (χ0v) is 11.7. The minimum atomic E-state index is -4.38. The van der Waals surface area contributed by atoms with Crippen molar-refractivity contribution in [1.29, 1.82) is 0 Å². The van der Waals surface area contributed by atoms with Crippen LogP contribution in [0, 0.1) is 10.1 Å². The molecule has 0 saturated heterocycles. The molecule has 0 aromatic heterocycles. The monoisotopic (exact) mass is 313 g/mol. The van der Waals surface area contributed by atoms with Gasteiger partial charge in [0.1, 0.15) is 0 Å². The van der Waals surface area contributed by atoms with Crippen LogP contribution in [0.3, 0.4) is 0 Å². The van der Waals surface area contributed by atoms with Crippen LogP contribution < -0.4 is 0 Å². The SMILES string of the molecule is CSc1cc([N+](=O)[O-])ccc1-c1ccc(C(F)(F)F)cc1. The van der Waals surface area contributed by atoms with Crippen LogP contribution in [0.5, 0.6) is 0 Å². The number of nitrogens with zero attached hydrogens (tertiary/aromatic N) is 1. The van der Waals surface area contributed by atoms with E-state index in [1.165, 1.54) is 36.0 Å². The Morgan fingerprint density at radius 2 is 1.71 bits per heavy atom. The molecule has 0 fully saturated rings. The van der Waals surface area contributed by atoms with E-state index in [4.69, 9.17) is 0 Å². The molecule has 0 aliphatic heterocycles. The summed E-state index contributed by atoms with van der Waals surface area (Å²) in [6.07, 6.45) is -2.62. The van der Waals surface area contributed by atoms with Crippen molar-refractivity contribution < 1.29 is 18.1 Å². The molecule has 3 nitrogen and oxygen atoms in total. The highest BCUT2D eigenvalue weighted by Gasteiger charge is 2.30. The Balaban J connectivity index is 2.44. The van der Waals surface area contributed by atoms with Gasteiger partial charge in [0.25, 0.3) is 5.69 Å². The van der Waals surface area contributed by atoms with E-state index in [0.717, 1.165) is 12.1 Å². The predicted molar refractivity (Wildman–Crippen MR) is 75.3 cm³/mol. The number of benzene rings is 2. The highest BCUT2D eigenvalue weighted by Crippen LogP contribution is 2.35. The van der Waals surface area contributed by atoms with Gasteiger partial charge in [-0.2, -0.15) is 13.2 Å². The molecule has 0 saturated carbocycles.